The number of aryl methyl sites for hydroxylation is 2. The third-order valence-electron chi connectivity index (χ3n) is 2.60. The molecule has 1 aromatic heterocycles. The van der Waals surface area contributed by atoms with Gasteiger partial charge in [0.1, 0.15) is 5.69 Å². The number of nitrogens with zero attached hydrogens (tertiary/aromatic N) is 2. The average Bonchev–Trinajstić information content (AvgIpc) is 2.57. The number of rotatable bonds is 5. The van der Waals surface area contributed by atoms with Gasteiger partial charge in [0.2, 0.25) is 0 Å². The van der Waals surface area contributed by atoms with Crippen LogP contribution in [0.15, 0.2) is 6.07 Å². The van der Waals surface area contributed by atoms with E-state index in [0.717, 1.165) is 5.69 Å². The van der Waals surface area contributed by atoms with Gasteiger partial charge < -0.3 is 10.4 Å². The van der Waals surface area contributed by atoms with E-state index in [1.54, 1.807) is 17.8 Å². The van der Waals surface area contributed by atoms with Crippen LogP contribution in [0.1, 0.15) is 35.9 Å². The molecule has 0 aliphatic carbocycles. The van der Waals surface area contributed by atoms with Crippen LogP contribution >= 0.6 is 0 Å². The van der Waals surface area contributed by atoms with Gasteiger partial charge >= 0.3 is 5.97 Å². The molecular formula is C11H17N3O3. The van der Waals surface area contributed by atoms with Crippen LogP contribution in [0, 0.1) is 6.92 Å². The standard InChI is InChI=1S/C11H17N3O3/c1-4-8(6-10(15)16)12-11(17)9-5-7(2)14(3)13-9/h5,8H,4,6H2,1-3H3,(H,12,17)(H,15,16). The fourth-order valence-electron chi connectivity index (χ4n) is 1.44. The Morgan fingerprint density at radius 1 is 1.59 bits per heavy atom. The highest BCUT2D eigenvalue weighted by atomic mass is 16.4. The minimum atomic E-state index is -0.922. The third-order valence-corrected chi connectivity index (χ3v) is 2.60. The summed E-state index contributed by atoms with van der Waals surface area (Å²) in [4.78, 5) is 22.4. The Labute approximate surface area is 99.6 Å². The molecule has 94 valence electrons. The van der Waals surface area contributed by atoms with Gasteiger partial charge in [-0.15, -0.1) is 0 Å². The quantitative estimate of drug-likeness (QED) is 0.792. The number of carboxylic acids is 1. The maximum Gasteiger partial charge on any atom is 0.305 e. The molecule has 1 rings (SSSR count). The van der Waals surface area contributed by atoms with Crippen LogP contribution < -0.4 is 5.32 Å². The number of nitrogens with one attached hydrogen (secondary N) is 1. The highest BCUT2D eigenvalue weighted by Gasteiger charge is 2.17. The zero-order valence-electron chi connectivity index (χ0n) is 10.2. The maximum absolute atomic E-state index is 11.8. The number of carbonyl (C=O) groups excluding carboxylic acids is 1. The van der Waals surface area contributed by atoms with Gasteiger partial charge in [0.25, 0.3) is 5.91 Å². The molecule has 2 N–H and O–H groups in total. The summed E-state index contributed by atoms with van der Waals surface area (Å²) in [5.74, 6) is -1.25. The van der Waals surface area contributed by atoms with E-state index in [1.807, 2.05) is 13.8 Å². The Balaban J connectivity index is 2.67. The number of hydrogen-bond donors (Lipinski definition) is 2. The van der Waals surface area contributed by atoms with Crippen molar-refractivity contribution in [3.8, 4) is 0 Å². The lowest BCUT2D eigenvalue weighted by molar-refractivity contribution is -0.137. The molecule has 0 radical (unpaired) electrons. The smallest absolute Gasteiger partial charge is 0.305 e. The fourth-order valence-corrected chi connectivity index (χ4v) is 1.44. The summed E-state index contributed by atoms with van der Waals surface area (Å²) in [6.07, 6.45) is 0.498. The molecule has 6 heteroatoms. The van der Waals surface area contributed by atoms with Crippen molar-refractivity contribution in [2.24, 2.45) is 7.05 Å². The highest BCUT2D eigenvalue weighted by Crippen LogP contribution is 2.04. The van der Waals surface area contributed by atoms with Gasteiger partial charge in [-0.1, -0.05) is 6.92 Å². The first-order valence-electron chi connectivity index (χ1n) is 5.47. The number of hydrogen-bond acceptors (Lipinski definition) is 3. The summed E-state index contributed by atoms with van der Waals surface area (Å²) in [7, 11) is 1.75. The topological polar surface area (TPSA) is 84.2 Å². The summed E-state index contributed by atoms with van der Waals surface area (Å²) in [5.41, 5.74) is 1.19. The van der Waals surface area contributed by atoms with E-state index in [4.69, 9.17) is 5.11 Å². The molecule has 1 heterocycles. The zero-order chi connectivity index (χ0) is 13.0. The van der Waals surface area contributed by atoms with E-state index in [2.05, 4.69) is 10.4 Å². The van der Waals surface area contributed by atoms with Gasteiger partial charge in [0.05, 0.1) is 6.42 Å². The van der Waals surface area contributed by atoms with Crippen LogP contribution in [0.5, 0.6) is 0 Å². The normalized spacial score (nSPS) is 12.2. The van der Waals surface area contributed by atoms with E-state index in [1.165, 1.54) is 0 Å². The lowest BCUT2D eigenvalue weighted by Crippen LogP contribution is -2.36. The van der Waals surface area contributed by atoms with E-state index >= 15 is 0 Å². The molecule has 0 saturated heterocycles. The van der Waals surface area contributed by atoms with Crippen LogP contribution in [-0.4, -0.2) is 32.8 Å². The number of amides is 1. The van der Waals surface area contributed by atoms with Gasteiger partial charge in [-0.3, -0.25) is 14.3 Å². The van der Waals surface area contributed by atoms with Crippen molar-refractivity contribution in [1.29, 1.82) is 0 Å². The van der Waals surface area contributed by atoms with E-state index in [-0.39, 0.29) is 18.4 Å². The van der Waals surface area contributed by atoms with Crippen LogP contribution in [-0.2, 0) is 11.8 Å². The van der Waals surface area contributed by atoms with Gasteiger partial charge in [-0.25, -0.2) is 0 Å². The zero-order valence-corrected chi connectivity index (χ0v) is 10.2. The minimum absolute atomic E-state index is 0.0753. The molecule has 1 amide bonds. The van der Waals surface area contributed by atoms with Crippen LogP contribution in [0.4, 0.5) is 0 Å². The molecule has 0 saturated carbocycles. The molecule has 0 aromatic carbocycles. The fraction of sp³-hybridized carbons (Fsp3) is 0.545. The summed E-state index contributed by atoms with van der Waals surface area (Å²) >= 11 is 0. The largest absolute Gasteiger partial charge is 0.481 e. The number of carboxylic acid groups (broad SMARTS) is 1. The average molecular weight is 239 g/mol. The minimum Gasteiger partial charge on any atom is -0.481 e. The van der Waals surface area contributed by atoms with E-state index < -0.39 is 5.97 Å². The molecule has 0 aliphatic heterocycles. The second-order valence-electron chi connectivity index (χ2n) is 3.97. The summed E-state index contributed by atoms with van der Waals surface area (Å²) < 4.78 is 1.60. The molecule has 6 nitrogen and oxygen atoms in total. The Kier molecular flexibility index (Phi) is 4.25. The Morgan fingerprint density at radius 2 is 2.24 bits per heavy atom. The Bertz CT molecular complexity index is 406. The number of aliphatic carboxylic acids is 1. The first-order chi connectivity index (χ1) is 7.93. The van der Waals surface area contributed by atoms with Crippen LogP contribution in [0.2, 0.25) is 0 Å². The predicted octanol–water partition coefficient (Wildman–Crippen LogP) is 0.712. The second kappa shape index (κ2) is 5.47. The Hall–Kier alpha value is -1.85. The van der Waals surface area contributed by atoms with Crippen molar-refractivity contribution in [1.82, 2.24) is 15.1 Å². The van der Waals surface area contributed by atoms with Crippen molar-refractivity contribution in [3.63, 3.8) is 0 Å². The lowest BCUT2D eigenvalue weighted by Gasteiger charge is -2.13. The third kappa shape index (κ3) is 3.58. The molecule has 1 aromatic rings. The lowest BCUT2D eigenvalue weighted by atomic mass is 10.1. The number of aromatic nitrogens is 2. The van der Waals surface area contributed by atoms with Gasteiger partial charge in [-0.05, 0) is 19.4 Å². The first-order valence-corrected chi connectivity index (χ1v) is 5.47. The molecule has 1 atom stereocenters. The molecular weight excluding hydrogens is 222 g/mol. The van der Waals surface area contributed by atoms with Crippen molar-refractivity contribution >= 4 is 11.9 Å². The molecule has 1 unspecified atom stereocenters. The Morgan fingerprint density at radius 3 is 2.65 bits per heavy atom. The van der Waals surface area contributed by atoms with Crippen molar-refractivity contribution in [2.45, 2.75) is 32.7 Å². The van der Waals surface area contributed by atoms with Crippen LogP contribution in [0.3, 0.4) is 0 Å². The van der Waals surface area contributed by atoms with E-state index in [0.29, 0.717) is 12.1 Å². The van der Waals surface area contributed by atoms with Crippen molar-refractivity contribution in [3.05, 3.63) is 17.5 Å². The predicted molar refractivity (Wildman–Crippen MR) is 61.7 cm³/mol. The monoisotopic (exact) mass is 239 g/mol. The molecule has 0 bridgehead atoms. The second-order valence-corrected chi connectivity index (χ2v) is 3.97. The van der Waals surface area contributed by atoms with Crippen molar-refractivity contribution < 1.29 is 14.7 Å². The van der Waals surface area contributed by atoms with Gasteiger partial charge in [0.15, 0.2) is 0 Å². The molecule has 0 aliphatic rings. The summed E-state index contributed by atoms with van der Waals surface area (Å²) in [6, 6.07) is 1.31. The van der Waals surface area contributed by atoms with Gasteiger partial charge in [-0.2, -0.15) is 5.10 Å². The molecule has 0 spiro atoms. The summed E-state index contributed by atoms with van der Waals surface area (Å²) in [6.45, 7) is 3.68. The highest BCUT2D eigenvalue weighted by molar-refractivity contribution is 5.92. The maximum atomic E-state index is 11.8. The molecule has 0 fully saturated rings. The first kappa shape index (κ1) is 13.2. The SMILES string of the molecule is CCC(CC(=O)O)NC(=O)c1cc(C)n(C)n1. The summed E-state index contributed by atoms with van der Waals surface area (Å²) in [5, 5.41) is 15.4. The number of carbonyl (C=O) groups is 2. The van der Waals surface area contributed by atoms with Crippen molar-refractivity contribution in [2.75, 3.05) is 0 Å². The van der Waals surface area contributed by atoms with Gasteiger partial charge in [0, 0.05) is 18.8 Å². The van der Waals surface area contributed by atoms with Crippen LogP contribution in [0.25, 0.3) is 0 Å². The van der Waals surface area contributed by atoms with E-state index in [9.17, 15) is 9.59 Å². The molecule has 17 heavy (non-hydrogen) atoms.